The molecule has 1 aromatic heterocycles. The molecule has 0 aliphatic heterocycles. The fraction of sp³-hybridized carbons (Fsp3) is 0.214. The highest BCUT2D eigenvalue weighted by Gasteiger charge is 1.98. The van der Waals surface area contributed by atoms with Crippen LogP contribution in [0.5, 0.6) is 0 Å². The largest absolute Gasteiger partial charge is 0.384 e. The summed E-state index contributed by atoms with van der Waals surface area (Å²) in [5.74, 6) is 0.547. The Kier molecular flexibility index (Phi) is 3.73. The molecule has 0 bridgehead atoms. The molecule has 0 aliphatic rings. The third kappa shape index (κ3) is 3.04. The quantitative estimate of drug-likeness (QED) is 0.874. The van der Waals surface area contributed by atoms with Crippen LogP contribution < -0.4 is 5.73 Å². The monoisotopic (exact) mass is 228 g/mol. The van der Waals surface area contributed by atoms with Crippen molar-refractivity contribution in [2.45, 2.75) is 6.42 Å². The van der Waals surface area contributed by atoms with Crippen LogP contribution in [-0.4, -0.2) is 18.7 Å². The van der Waals surface area contributed by atoms with Crippen LogP contribution in [0.4, 0.5) is 5.82 Å². The minimum Gasteiger partial charge on any atom is -0.384 e. The smallest absolute Gasteiger partial charge is 0.123 e. The van der Waals surface area contributed by atoms with Gasteiger partial charge in [-0.2, -0.15) is 0 Å². The average Bonchev–Trinajstić information content (AvgIpc) is 2.38. The van der Waals surface area contributed by atoms with Gasteiger partial charge in [0.15, 0.2) is 0 Å². The first-order valence-corrected chi connectivity index (χ1v) is 5.59. The predicted molar refractivity (Wildman–Crippen MR) is 69.7 cm³/mol. The van der Waals surface area contributed by atoms with E-state index in [4.69, 9.17) is 10.5 Å². The molecule has 0 radical (unpaired) electrons. The van der Waals surface area contributed by atoms with Crippen molar-refractivity contribution in [2.24, 2.45) is 0 Å². The average molecular weight is 228 g/mol. The van der Waals surface area contributed by atoms with Crippen LogP contribution in [0, 0.1) is 0 Å². The van der Waals surface area contributed by atoms with Gasteiger partial charge in [0.1, 0.15) is 5.82 Å². The van der Waals surface area contributed by atoms with Crippen molar-refractivity contribution in [3.05, 3.63) is 48.2 Å². The van der Waals surface area contributed by atoms with Crippen molar-refractivity contribution >= 4 is 5.82 Å². The fourth-order valence-electron chi connectivity index (χ4n) is 1.66. The van der Waals surface area contributed by atoms with Crippen LogP contribution in [0.2, 0.25) is 0 Å². The Morgan fingerprint density at radius 2 is 1.76 bits per heavy atom. The standard InChI is InChI=1S/C14H16N2O/c1-17-9-8-11-2-4-12(5-3-11)13-6-7-14(15)16-10-13/h2-7,10H,8-9H2,1H3,(H2,15,16). The molecule has 0 saturated heterocycles. The van der Waals surface area contributed by atoms with Crippen LogP contribution in [0.25, 0.3) is 11.1 Å². The molecule has 3 heteroatoms. The predicted octanol–water partition coefficient (Wildman–Crippen LogP) is 2.52. The number of nitrogens with two attached hydrogens (primary N) is 1. The zero-order chi connectivity index (χ0) is 12.1. The Morgan fingerprint density at radius 3 is 2.35 bits per heavy atom. The number of hydrogen-bond donors (Lipinski definition) is 1. The summed E-state index contributed by atoms with van der Waals surface area (Å²) in [5.41, 5.74) is 9.07. The van der Waals surface area contributed by atoms with Gasteiger partial charge in [-0.05, 0) is 29.7 Å². The molecular formula is C14H16N2O. The Morgan fingerprint density at radius 1 is 1.06 bits per heavy atom. The van der Waals surface area contributed by atoms with E-state index in [9.17, 15) is 0 Å². The van der Waals surface area contributed by atoms with Crippen molar-refractivity contribution in [3.63, 3.8) is 0 Å². The summed E-state index contributed by atoms with van der Waals surface area (Å²) in [6, 6.07) is 12.2. The zero-order valence-corrected chi connectivity index (χ0v) is 9.89. The van der Waals surface area contributed by atoms with Crippen LogP contribution >= 0.6 is 0 Å². The molecule has 2 N–H and O–H groups in total. The van der Waals surface area contributed by atoms with Crippen LogP contribution in [-0.2, 0) is 11.2 Å². The fourth-order valence-corrected chi connectivity index (χ4v) is 1.66. The first kappa shape index (κ1) is 11.6. The van der Waals surface area contributed by atoms with E-state index in [2.05, 4.69) is 29.2 Å². The highest BCUT2D eigenvalue weighted by molar-refractivity contribution is 5.63. The molecule has 0 atom stereocenters. The first-order chi connectivity index (χ1) is 8.29. The number of aromatic nitrogens is 1. The van der Waals surface area contributed by atoms with E-state index in [0.29, 0.717) is 5.82 Å². The van der Waals surface area contributed by atoms with Gasteiger partial charge in [0, 0.05) is 18.9 Å². The van der Waals surface area contributed by atoms with Gasteiger partial charge in [-0.3, -0.25) is 0 Å². The Labute approximate surface area is 101 Å². The molecule has 0 saturated carbocycles. The van der Waals surface area contributed by atoms with Gasteiger partial charge in [0.05, 0.1) is 6.61 Å². The minimum atomic E-state index is 0.547. The van der Waals surface area contributed by atoms with Crippen molar-refractivity contribution in [1.82, 2.24) is 4.98 Å². The molecule has 0 unspecified atom stereocenters. The minimum absolute atomic E-state index is 0.547. The summed E-state index contributed by atoms with van der Waals surface area (Å²) in [6.07, 6.45) is 2.73. The number of rotatable bonds is 4. The molecule has 0 amide bonds. The van der Waals surface area contributed by atoms with Gasteiger partial charge in [0.25, 0.3) is 0 Å². The van der Waals surface area contributed by atoms with Gasteiger partial charge >= 0.3 is 0 Å². The van der Waals surface area contributed by atoms with E-state index in [1.54, 1.807) is 13.3 Å². The normalized spacial score (nSPS) is 10.4. The van der Waals surface area contributed by atoms with Crippen LogP contribution in [0.15, 0.2) is 42.6 Å². The third-order valence-electron chi connectivity index (χ3n) is 2.67. The lowest BCUT2D eigenvalue weighted by Crippen LogP contribution is -1.94. The summed E-state index contributed by atoms with van der Waals surface area (Å²) in [4.78, 5) is 4.09. The zero-order valence-electron chi connectivity index (χ0n) is 9.89. The SMILES string of the molecule is COCCc1ccc(-c2ccc(N)nc2)cc1. The Bertz CT molecular complexity index is 463. The third-order valence-corrected chi connectivity index (χ3v) is 2.67. The number of methoxy groups -OCH3 is 1. The molecule has 1 heterocycles. The molecule has 2 aromatic rings. The summed E-state index contributed by atoms with van der Waals surface area (Å²) in [7, 11) is 1.72. The molecule has 3 nitrogen and oxygen atoms in total. The van der Waals surface area contributed by atoms with Crippen molar-refractivity contribution < 1.29 is 4.74 Å². The number of nitrogens with zero attached hydrogens (tertiary/aromatic N) is 1. The van der Waals surface area contributed by atoms with Crippen LogP contribution in [0.1, 0.15) is 5.56 Å². The van der Waals surface area contributed by atoms with Gasteiger partial charge in [0.2, 0.25) is 0 Å². The molecule has 17 heavy (non-hydrogen) atoms. The molecule has 2 rings (SSSR count). The lowest BCUT2D eigenvalue weighted by atomic mass is 10.0. The number of anilines is 1. The van der Waals surface area contributed by atoms with Crippen molar-refractivity contribution in [3.8, 4) is 11.1 Å². The molecular weight excluding hydrogens is 212 g/mol. The van der Waals surface area contributed by atoms with E-state index in [1.807, 2.05) is 12.1 Å². The van der Waals surface area contributed by atoms with Crippen LogP contribution in [0.3, 0.4) is 0 Å². The van der Waals surface area contributed by atoms with Gasteiger partial charge in [-0.25, -0.2) is 4.98 Å². The van der Waals surface area contributed by atoms with E-state index in [0.717, 1.165) is 24.2 Å². The summed E-state index contributed by atoms with van der Waals surface area (Å²) in [5, 5.41) is 0. The second kappa shape index (κ2) is 5.46. The van der Waals surface area contributed by atoms with Crippen molar-refractivity contribution in [2.75, 3.05) is 19.5 Å². The molecule has 1 aromatic carbocycles. The maximum absolute atomic E-state index is 5.56. The molecule has 88 valence electrons. The van der Waals surface area contributed by atoms with E-state index < -0.39 is 0 Å². The number of ether oxygens (including phenoxy) is 1. The number of nitrogen functional groups attached to an aromatic ring is 1. The second-order valence-corrected chi connectivity index (χ2v) is 3.91. The van der Waals surface area contributed by atoms with E-state index in [1.165, 1.54) is 5.56 Å². The maximum Gasteiger partial charge on any atom is 0.123 e. The highest BCUT2D eigenvalue weighted by atomic mass is 16.5. The molecule has 0 fully saturated rings. The summed E-state index contributed by atoms with van der Waals surface area (Å²) >= 11 is 0. The van der Waals surface area contributed by atoms with Gasteiger partial charge in [-0.15, -0.1) is 0 Å². The van der Waals surface area contributed by atoms with E-state index >= 15 is 0 Å². The summed E-state index contributed by atoms with van der Waals surface area (Å²) < 4.78 is 5.05. The second-order valence-electron chi connectivity index (χ2n) is 3.91. The van der Waals surface area contributed by atoms with E-state index in [-0.39, 0.29) is 0 Å². The van der Waals surface area contributed by atoms with Gasteiger partial charge in [-0.1, -0.05) is 24.3 Å². The number of hydrogen-bond acceptors (Lipinski definition) is 3. The Balaban J connectivity index is 2.14. The Hall–Kier alpha value is -1.87. The summed E-state index contributed by atoms with van der Waals surface area (Å²) in [6.45, 7) is 0.753. The van der Waals surface area contributed by atoms with Gasteiger partial charge < -0.3 is 10.5 Å². The molecule has 0 spiro atoms. The molecule has 0 aliphatic carbocycles. The highest BCUT2D eigenvalue weighted by Crippen LogP contribution is 2.19. The first-order valence-electron chi connectivity index (χ1n) is 5.59. The lowest BCUT2D eigenvalue weighted by Gasteiger charge is -2.04. The topological polar surface area (TPSA) is 48.1 Å². The number of benzene rings is 1. The maximum atomic E-state index is 5.56. The lowest BCUT2D eigenvalue weighted by molar-refractivity contribution is 0.202. The van der Waals surface area contributed by atoms with Crippen molar-refractivity contribution in [1.29, 1.82) is 0 Å². The number of pyridine rings is 1.